The molecule has 1 fully saturated rings. The molecule has 4 rings (SSSR count). The Kier molecular flexibility index (Phi) is 6.22. The first-order chi connectivity index (χ1) is 15.7. The molecule has 1 aromatic heterocycles. The zero-order valence-corrected chi connectivity index (χ0v) is 18.3. The Labute approximate surface area is 189 Å². The van der Waals surface area contributed by atoms with Crippen molar-refractivity contribution in [3.63, 3.8) is 0 Å². The van der Waals surface area contributed by atoms with E-state index in [0.717, 1.165) is 12.1 Å². The summed E-state index contributed by atoms with van der Waals surface area (Å²) in [6.07, 6.45) is -4.44. The Morgan fingerprint density at radius 2 is 1.67 bits per heavy atom. The Hall–Kier alpha value is -3.62. The molecule has 0 radical (unpaired) electrons. The molecule has 1 amide bonds. The minimum atomic E-state index is -4.44. The molecular weight excluding hydrogens is 433 g/mol. The predicted molar refractivity (Wildman–Crippen MR) is 118 cm³/mol. The van der Waals surface area contributed by atoms with Crippen molar-refractivity contribution in [2.24, 2.45) is 0 Å². The molecule has 0 spiro atoms. The van der Waals surface area contributed by atoms with Gasteiger partial charge in [0.2, 0.25) is 0 Å². The Morgan fingerprint density at radius 3 is 2.30 bits per heavy atom. The van der Waals surface area contributed by atoms with E-state index in [0.29, 0.717) is 54.6 Å². The highest BCUT2D eigenvalue weighted by Crippen LogP contribution is 2.32. The molecule has 1 saturated heterocycles. The van der Waals surface area contributed by atoms with E-state index in [1.165, 1.54) is 6.07 Å². The maximum Gasteiger partial charge on any atom is 0.416 e. The van der Waals surface area contributed by atoms with E-state index in [1.807, 2.05) is 4.90 Å². The molecule has 3 aromatic rings. The topological polar surface area (TPSA) is 58.6 Å². The fraction of sp³-hybridized carbons (Fsp3) is 0.292. The van der Waals surface area contributed by atoms with Crippen molar-refractivity contribution in [2.75, 3.05) is 38.2 Å². The number of hydrogen-bond donors (Lipinski definition) is 0. The van der Waals surface area contributed by atoms with Gasteiger partial charge in [-0.05, 0) is 43.3 Å². The van der Waals surface area contributed by atoms with Gasteiger partial charge in [-0.2, -0.15) is 13.2 Å². The van der Waals surface area contributed by atoms with Crippen molar-refractivity contribution >= 4 is 11.7 Å². The highest BCUT2D eigenvalue weighted by Gasteiger charge is 2.31. The highest BCUT2D eigenvalue weighted by molar-refractivity contribution is 5.94. The lowest BCUT2D eigenvalue weighted by atomic mass is 10.1. The van der Waals surface area contributed by atoms with Crippen LogP contribution < -0.4 is 9.64 Å². The maximum atomic E-state index is 13.1. The summed E-state index contributed by atoms with van der Waals surface area (Å²) in [6.45, 7) is 3.91. The van der Waals surface area contributed by atoms with Crippen LogP contribution in [0.2, 0.25) is 0 Å². The van der Waals surface area contributed by atoms with Gasteiger partial charge in [0.15, 0.2) is 5.82 Å². The number of piperazine rings is 1. The van der Waals surface area contributed by atoms with Crippen LogP contribution in [0.15, 0.2) is 54.6 Å². The number of carbonyl (C=O) groups excluding carboxylic acids is 1. The number of aryl methyl sites for hydroxylation is 1. The van der Waals surface area contributed by atoms with Gasteiger partial charge < -0.3 is 14.5 Å². The van der Waals surface area contributed by atoms with Gasteiger partial charge in [-0.1, -0.05) is 12.1 Å². The number of aromatic nitrogens is 2. The Balaban J connectivity index is 1.49. The van der Waals surface area contributed by atoms with Crippen LogP contribution in [0.4, 0.5) is 19.0 Å². The lowest BCUT2D eigenvalue weighted by molar-refractivity contribution is -0.137. The van der Waals surface area contributed by atoms with Gasteiger partial charge in [0.1, 0.15) is 11.6 Å². The molecule has 9 heteroatoms. The summed E-state index contributed by atoms with van der Waals surface area (Å²) in [5.74, 6) is 1.51. The molecule has 2 aromatic carbocycles. The van der Waals surface area contributed by atoms with E-state index in [9.17, 15) is 18.0 Å². The highest BCUT2D eigenvalue weighted by atomic mass is 19.4. The molecule has 0 N–H and O–H groups in total. The number of ether oxygens (including phenoxy) is 1. The smallest absolute Gasteiger partial charge is 0.416 e. The second kappa shape index (κ2) is 9.09. The van der Waals surface area contributed by atoms with Crippen molar-refractivity contribution in [2.45, 2.75) is 13.1 Å². The average Bonchev–Trinajstić information content (AvgIpc) is 2.83. The maximum absolute atomic E-state index is 13.1. The molecule has 0 unspecified atom stereocenters. The first-order valence-electron chi connectivity index (χ1n) is 10.5. The Morgan fingerprint density at radius 1 is 0.970 bits per heavy atom. The first kappa shape index (κ1) is 22.6. The zero-order valence-electron chi connectivity index (χ0n) is 18.3. The standard InChI is InChI=1S/C24H23F3N4O2/c1-16-14-21(29-22(28-16)18-4-3-5-19(15-18)24(25,26)27)30-10-12-31(13-11-30)23(32)17-6-8-20(33-2)9-7-17/h3-9,14-15H,10-13H2,1-2H3. The lowest BCUT2D eigenvalue weighted by Crippen LogP contribution is -2.49. The van der Waals surface area contributed by atoms with Gasteiger partial charge >= 0.3 is 6.18 Å². The third-order valence-corrected chi connectivity index (χ3v) is 5.52. The number of hydrogen-bond acceptors (Lipinski definition) is 5. The number of methoxy groups -OCH3 is 1. The number of rotatable bonds is 4. The van der Waals surface area contributed by atoms with Gasteiger partial charge in [-0.3, -0.25) is 4.79 Å². The molecular formula is C24H23F3N4O2. The van der Waals surface area contributed by atoms with E-state index in [4.69, 9.17) is 4.74 Å². The molecule has 33 heavy (non-hydrogen) atoms. The van der Waals surface area contributed by atoms with Crippen molar-refractivity contribution in [1.82, 2.24) is 14.9 Å². The summed E-state index contributed by atoms with van der Waals surface area (Å²) in [4.78, 5) is 25.5. The van der Waals surface area contributed by atoms with Crippen molar-refractivity contribution < 1.29 is 22.7 Å². The quantitative estimate of drug-likeness (QED) is 0.581. The average molecular weight is 456 g/mol. The minimum Gasteiger partial charge on any atom is -0.497 e. The second-order valence-corrected chi connectivity index (χ2v) is 7.78. The lowest BCUT2D eigenvalue weighted by Gasteiger charge is -2.35. The van der Waals surface area contributed by atoms with Crippen molar-refractivity contribution in [1.29, 1.82) is 0 Å². The fourth-order valence-corrected chi connectivity index (χ4v) is 3.73. The molecule has 172 valence electrons. The van der Waals surface area contributed by atoms with Gasteiger partial charge in [0.25, 0.3) is 5.91 Å². The van der Waals surface area contributed by atoms with E-state index in [1.54, 1.807) is 55.3 Å². The van der Waals surface area contributed by atoms with E-state index in [2.05, 4.69) is 9.97 Å². The molecule has 2 heterocycles. The summed E-state index contributed by atoms with van der Waals surface area (Å²) in [5.41, 5.74) is 0.818. The van der Waals surface area contributed by atoms with E-state index < -0.39 is 11.7 Å². The third kappa shape index (κ3) is 5.08. The van der Waals surface area contributed by atoms with Crippen LogP contribution in [0.25, 0.3) is 11.4 Å². The van der Waals surface area contributed by atoms with Gasteiger partial charge in [0.05, 0.1) is 12.7 Å². The molecule has 0 bridgehead atoms. The largest absolute Gasteiger partial charge is 0.497 e. The summed E-state index contributed by atoms with van der Waals surface area (Å²) in [6, 6.07) is 13.8. The molecule has 1 aliphatic heterocycles. The van der Waals surface area contributed by atoms with E-state index >= 15 is 0 Å². The minimum absolute atomic E-state index is 0.0548. The van der Waals surface area contributed by atoms with Crippen LogP contribution in [0.1, 0.15) is 21.6 Å². The summed E-state index contributed by atoms with van der Waals surface area (Å²) >= 11 is 0. The molecule has 0 aliphatic carbocycles. The van der Waals surface area contributed by atoms with Gasteiger partial charge in [-0.15, -0.1) is 0 Å². The zero-order chi connectivity index (χ0) is 23.6. The van der Waals surface area contributed by atoms with Gasteiger partial charge in [0, 0.05) is 49.1 Å². The van der Waals surface area contributed by atoms with E-state index in [-0.39, 0.29) is 11.7 Å². The number of alkyl halides is 3. The van der Waals surface area contributed by atoms with Crippen LogP contribution in [-0.4, -0.2) is 54.1 Å². The van der Waals surface area contributed by atoms with Crippen LogP contribution in [0.3, 0.4) is 0 Å². The van der Waals surface area contributed by atoms with Crippen LogP contribution in [0, 0.1) is 6.92 Å². The predicted octanol–water partition coefficient (Wildman–Crippen LogP) is 4.44. The number of carbonyl (C=O) groups is 1. The molecule has 1 aliphatic rings. The molecule has 0 atom stereocenters. The van der Waals surface area contributed by atoms with Crippen LogP contribution in [0.5, 0.6) is 5.75 Å². The summed E-state index contributed by atoms with van der Waals surface area (Å²) in [7, 11) is 1.57. The fourth-order valence-electron chi connectivity index (χ4n) is 3.73. The van der Waals surface area contributed by atoms with Crippen LogP contribution >= 0.6 is 0 Å². The summed E-state index contributed by atoms with van der Waals surface area (Å²) < 4.78 is 44.5. The number of nitrogens with zero attached hydrogens (tertiary/aromatic N) is 4. The molecule has 0 saturated carbocycles. The second-order valence-electron chi connectivity index (χ2n) is 7.78. The van der Waals surface area contributed by atoms with Gasteiger partial charge in [-0.25, -0.2) is 9.97 Å². The third-order valence-electron chi connectivity index (χ3n) is 5.52. The Bertz CT molecular complexity index is 1140. The number of halogens is 3. The monoisotopic (exact) mass is 456 g/mol. The number of amides is 1. The first-order valence-corrected chi connectivity index (χ1v) is 10.5. The van der Waals surface area contributed by atoms with Crippen molar-refractivity contribution in [3.05, 3.63) is 71.4 Å². The normalized spacial score (nSPS) is 14.3. The SMILES string of the molecule is COc1ccc(C(=O)N2CCN(c3cc(C)nc(-c4cccc(C(F)(F)F)c4)n3)CC2)cc1. The summed E-state index contributed by atoms with van der Waals surface area (Å²) in [5, 5.41) is 0. The number of anilines is 1. The molecule has 6 nitrogen and oxygen atoms in total. The number of benzene rings is 2. The van der Waals surface area contributed by atoms with Crippen LogP contribution in [-0.2, 0) is 6.18 Å². The van der Waals surface area contributed by atoms with Crippen molar-refractivity contribution in [3.8, 4) is 17.1 Å².